The first kappa shape index (κ1) is 28.0. The Morgan fingerprint density at radius 3 is 2.67 bits per heavy atom. The zero-order valence-corrected chi connectivity index (χ0v) is 22.3. The molecule has 3 rings (SSSR count). The van der Waals surface area contributed by atoms with Crippen molar-refractivity contribution in [3.63, 3.8) is 0 Å². The first-order chi connectivity index (χ1) is 17.2. The molecular weight excluding hydrogens is 502 g/mol. The zero-order chi connectivity index (χ0) is 26.1. The molecule has 0 atom stereocenters. The molecule has 2 aromatic rings. The molecule has 0 saturated heterocycles. The molecule has 2 amide bonds. The van der Waals surface area contributed by atoms with Crippen LogP contribution in [0.1, 0.15) is 50.7 Å². The average molecular weight is 536 g/mol. The first-order valence-corrected chi connectivity index (χ1v) is 14.1. The van der Waals surface area contributed by atoms with E-state index in [1.807, 2.05) is 32.0 Å². The third kappa shape index (κ3) is 8.21. The van der Waals surface area contributed by atoms with Crippen molar-refractivity contribution in [2.45, 2.75) is 63.4 Å². The quantitative estimate of drug-likeness (QED) is 0.585. The van der Waals surface area contributed by atoms with Gasteiger partial charge in [-0.05, 0) is 63.3 Å². The van der Waals surface area contributed by atoms with Crippen LogP contribution in [0.3, 0.4) is 0 Å². The van der Waals surface area contributed by atoms with Crippen molar-refractivity contribution in [1.82, 2.24) is 14.9 Å². The van der Waals surface area contributed by atoms with E-state index in [0.717, 1.165) is 36.1 Å². The summed E-state index contributed by atoms with van der Waals surface area (Å²) >= 11 is 5.98. The summed E-state index contributed by atoms with van der Waals surface area (Å²) in [5.74, 6) is 0.142. The van der Waals surface area contributed by atoms with Crippen molar-refractivity contribution in [3.8, 4) is 5.75 Å². The van der Waals surface area contributed by atoms with Gasteiger partial charge in [0.25, 0.3) is 10.0 Å². The van der Waals surface area contributed by atoms with Crippen LogP contribution < -0.4 is 14.8 Å². The Bertz CT molecular complexity index is 1170. The van der Waals surface area contributed by atoms with Crippen LogP contribution >= 0.6 is 11.6 Å². The van der Waals surface area contributed by atoms with Gasteiger partial charge in [-0.15, -0.1) is 0 Å². The highest BCUT2D eigenvalue weighted by Gasteiger charge is 2.21. The van der Waals surface area contributed by atoms with Crippen molar-refractivity contribution in [2.75, 3.05) is 19.7 Å². The fourth-order valence-corrected chi connectivity index (χ4v) is 5.46. The fraction of sp³-hybridized carbons (Fsp3) is 0.462. The number of benzene rings is 2. The summed E-state index contributed by atoms with van der Waals surface area (Å²) in [5.41, 5.74) is 1.80. The Morgan fingerprint density at radius 2 is 1.92 bits per heavy atom. The maximum absolute atomic E-state index is 12.5. The number of amides is 2. The van der Waals surface area contributed by atoms with Gasteiger partial charge in [-0.1, -0.05) is 35.9 Å². The molecule has 36 heavy (non-hydrogen) atoms. The maximum atomic E-state index is 12.5. The Hall–Kier alpha value is -2.62. The maximum Gasteiger partial charge on any atom is 0.265 e. The molecule has 0 aromatic heterocycles. The molecule has 1 aliphatic heterocycles. The number of nitrogens with zero attached hydrogens (tertiary/aromatic N) is 1. The van der Waals surface area contributed by atoms with E-state index in [2.05, 4.69) is 14.9 Å². The summed E-state index contributed by atoms with van der Waals surface area (Å²) in [6, 6.07) is 11.9. The number of sulfonamides is 1. The van der Waals surface area contributed by atoms with E-state index >= 15 is 0 Å². The minimum Gasteiger partial charge on any atom is -0.493 e. The van der Waals surface area contributed by atoms with Gasteiger partial charge >= 0.3 is 0 Å². The van der Waals surface area contributed by atoms with Gasteiger partial charge in [0.1, 0.15) is 10.6 Å². The van der Waals surface area contributed by atoms with Crippen molar-refractivity contribution in [1.29, 1.82) is 0 Å². The topological polar surface area (TPSA) is 105 Å². The minimum atomic E-state index is -4.05. The number of nitrogens with one attached hydrogen (secondary N) is 2. The van der Waals surface area contributed by atoms with Crippen molar-refractivity contribution in [3.05, 3.63) is 58.6 Å². The largest absolute Gasteiger partial charge is 0.493 e. The highest BCUT2D eigenvalue weighted by atomic mass is 35.5. The van der Waals surface area contributed by atoms with Gasteiger partial charge in [0.15, 0.2) is 0 Å². The van der Waals surface area contributed by atoms with Crippen LogP contribution in [0.5, 0.6) is 5.75 Å². The second-order valence-corrected chi connectivity index (χ2v) is 11.2. The van der Waals surface area contributed by atoms with E-state index in [4.69, 9.17) is 16.3 Å². The molecule has 0 spiro atoms. The molecule has 8 nitrogen and oxygen atoms in total. The lowest BCUT2D eigenvalue weighted by atomic mass is 10.0. The Kier molecular flexibility index (Phi) is 10.2. The van der Waals surface area contributed by atoms with Crippen molar-refractivity contribution < 1.29 is 22.7 Å². The minimum absolute atomic E-state index is 0.00188. The van der Waals surface area contributed by atoms with Crippen molar-refractivity contribution in [2.24, 2.45) is 0 Å². The number of aryl methyl sites for hydroxylation is 1. The molecular formula is C26H34ClN3O5S. The Labute approximate surface area is 218 Å². The van der Waals surface area contributed by atoms with Gasteiger partial charge in [-0.3, -0.25) is 14.5 Å². The first-order valence-electron chi connectivity index (χ1n) is 12.2. The number of halogens is 1. The lowest BCUT2D eigenvalue weighted by Gasteiger charge is -2.27. The monoisotopic (exact) mass is 535 g/mol. The number of carbonyl (C=O) groups is 2. The molecule has 0 unspecified atom stereocenters. The molecule has 0 fully saturated rings. The number of hydrogen-bond acceptors (Lipinski definition) is 6. The summed E-state index contributed by atoms with van der Waals surface area (Å²) < 4.78 is 33.2. The van der Waals surface area contributed by atoms with Gasteiger partial charge in [0, 0.05) is 31.1 Å². The van der Waals surface area contributed by atoms with Gasteiger partial charge in [-0.2, -0.15) is 0 Å². The van der Waals surface area contributed by atoms with Crippen LogP contribution in [0.2, 0.25) is 5.02 Å². The molecule has 0 radical (unpaired) electrons. The zero-order valence-electron chi connectivity index (χ0n) is 20.8. The number of fused-ring (bicyclic) bond motifs is 1. The summed E-state index contributed by atoms with van der Waals surface area (Å²) in [7, 11) is -4.05. The summed E-state index contributed by atoms with van der Waals surface area (Å²) in [6.45, 7) is 6.13. The average Bonchev–Trinajstić information content (AvgIpc) is 2.83. The number of ether oxygens (including phenoxy) is 1. The fourth-order valence-electron chi connectivity index (χ4n) is 3.92. The molecule has 1 aliphatic rings. The summed E-state index contributed by atoms with van der Waals surface area (Å²) in [6.07, 6.45) is 3.11. The SMILES string of the molecule is CC(C)N1CC(=O)NCCCCCOc2ccc(CCC(=O)NS(=O)(=O)c3ccccc3Cl)cc2C1. The normalized spacial score (nSPS) is 16.1. The smallest absolute Gasteiger partial charge is 0.265 e. The lowest BCUT2D eigenvalue weighted by molar-refractivity contribution is -0.123. The van der Waals surface area contributed by atoms with Gasteiger partial charge in [0.2, 0.25) is 11.8 Å². The van der Waals surface area contributed by atoms with E-state index in [9.17, 15) is 18.0 Å². The van der Waals surface area contributed by atoms with Gasteiger partial charge in [-0.25, -0.2) is 13.1 Å². The predicted octanol–water partition coefficient (Wildman–Crippen LogP) is 3.67. The van der Waals surface area contributed by atoms with Crippen LogP contribution in [-0.2, 0) is 32.6 Å². The van der Waals surface area contributed by atoms with E-state index in [0.29, 0.717) is 26.1 Å². The van der Waals surface area contributed by atoms with Gasteiger partial charge < -0.3 is 10.1 Å². The Morgan fingerprint density at radius 1 is 1.14 bits per heavy atom. The molecule has 10 heteroatoms. The Balaban J connectivity index is 1.72. The highest BCUT2D eigenvalue weighted by molar-refractivity contribution is 7.90. The second kappa shape index (κ2) is 13.1. The highest BCUT2D eigenvalue weighted by Crippen LogP contribution is 2.25. The van der Waals surface area contributed by atoms with Crippen LogP contribution in [0.15, 0.2) is 47.4 Å². The predicted molar refractivity (Wildman–Crippen MR) is 139 cm³/mol. The van der Waals surface area contributed by atoms with Crippen LogP contribution in [0.25, 0.3) is 0 Å². The molecule has 0 bridgehead atoms. The summed E-state index contributed by atoms with van der Waals surface area (Å²) in [4.78, 5) is 26.8. The molecule has 2 aromatic carbocycles. The lowest BCUT2D eigenvalue weighted by Crippen LogP contribution is -2.40. The van der Waals surface area contributed by atoms with Crippen LogP contribution in [-0.4, -0.2) is 50.9 Å². The van der Waals surface area contributed by atoms with E-state index < -0.39 is 15.9 Å². The third-order valence-corrected chi connectivity index (χ3v) is 7.86. The molecule has 196 valence electrons. The third-order valence-electron chi connectivity index (χ3n) is 5.99. The standard InChI is InChI=1S/C26H34ClN3O5S/c1-19(2)30-17-21-16-20(10-12-23(21)35-15-7-3-6-14-28-26(32)18-30)11-13-25(31)29-36(33,34)24-9-5-4-8-22(24)27/h4-5,8-10,12,16,19H,3,6-7,11,13-15,17-18H2,1-2H3,(H,28,32)(H,29,31). The molecule has 1 heterocycles. The van der Waals surface area contributed by atoms with Crippen molar-refractivity contribution >= 4 is 33.4 Å². The summed E-state index contributed by atoms with van der Waals surface area (Å²) in [5, 5.41) is 3.04. The second-order valence-electron chi connectivity index (χ2n) is 9.16. The van der Waals surface area contributed by atoms with E-state index in [1.165, 1.54) is 12.1 Å². The van der Waals surface area contributed by atoms with Gasteiger partial charge in [0.05, 0.1) is 18.2 Å². The molecule has 2 N–H and O–H groups in total. The molecule has 0 saturated carbocycles. The number of rotatable bonds is 6. The number of carbonyl (C=O) groups excluding carboxylic acids is 2. The van der Waals surface area contributed by atoms with Crippen LogP contribution in [0, 0.1) is 0 Å². The number of hydrogen-bond donors (Lipinski definition) is 2. The van der Waals surface area contributed by atoms with E-state index in [-0.39, 0.29) is 34.8 Å². The molecule has 0 aliphatic carbocycles. The van der Waals surface area contributed by atoms with E-state index in [1.54, 1.807) is 12.1 Å². The van der Waals surface area contributed by atoms with Crippen LogP contribution in [0.4, 0.5) is 0 Å².